The SMILES string of the molecule is CCCCC(C(=O)c1ccc(Cl)c(Cl)c1)N1CCCC1. The molecule has 0 bridgehead atoms. The van der Waals surface area contributed by atoms with Crippen molar-refractivity contribution < 1.29 is 4.79 Å². The fraction of sp³-hybridized carbons (Fsp3) is 0.562. The normalized spacial score (nSPS) is 17.4. The summed E-state index contributed by atoms with van der Waals surface area (Å²) >= 11 is 12.0. The molecule has 1 heterocycles. The van der Waals surface area contributed by atoms with E-state index in [1.807, 2.05) is 0 Å². The topological polar surface area (TPSA) is 20.3 Å². The first-order chi connectivity index (χ1) is 9.63. The van der Waals surface area contributed by atoms with Crippen molar-refractivity contribution in [3.8, 4) is 0 Å². The summed E-state index contributed by atoms with van der Waals surface area (Å²) in [6.07, 6.45) is 5.50. The van der Waals surface area contributed by atoms with Crippen LogP contribution in [0.5, 0.6) is 0 Å². The Bertz CT molecular complexity index is 470. The maximum absolute atomic E-state index is 12.8. The molecule has 2 rings (SSSR count). The lowest BCUT2D eigenvalue weighted by Crippen LogP contribution is -2.39. The van der Waals surface area contributed by atoms with Gasteiger partial charge in [0, 0.05) is 5.56 Å². The van der Waals surface area contributed by atoms with Crippen molar-refractivity contribution in [2.75, 3.05) is 13.1 Å². The molecule has 0 amide bonds. The number of hydrogen-bond donors (Lipinski definition) is 0. The van der Waals surface area contributed by atoms with Gasteiger partial charge in [-0.15, -0.1) is 0 Å². The smallest absolute Gasteiger partial charge is 0.179 e. The summed E-state index contributed by atoms with van der Waals surface area (Å²) in [5, 5.41) is 0.947. The van der Waals surface area contributed by atoms with Gasteiger partial charge in [0.05, 0.1) is 16.1 Å². The molecule has 1 aromatic carbocycles. The average molecular weight is 314 g/mol. The molecule has 1 aromatic rings. The van der Waals surface area contributed by atoms with E-state index in [-0.39, 0.29) is 11.8 Å². The van der Waals surface area contributed by atoms with E-state index in [9.17, 15) is 4.79 Å². The van der Waals surface area contributed by atoms with Crippen LogP contribution in [0.25, 0.3) is 0 Å². The van der Waals surface area contributed by atoms with Crippen LogP contribution in [-0.4, -0.2) is 29.8 Å². The zero-order valence-corrected chi connectivity index (χ0v) is 13.4. The molecule has 4 heteroatoms. The molecule has 0 spiro atoms. The summed E-state index contributed by atoms with van der Waals surface area (Å²) < 4.78 is 0. The molecule has 110 valence electrons. The number of ketones is 1. The lowest BCUT2D eigenvalue weighted by atomic mass is 9.98. The molecule has 0 radical (unpaired) electrons. The molecular formula is C16H21Cl2NO. The van der Waals surface area contributed by atoms with Crippen molar-refractivity contribution in [2.45, 2.75) is 45.1 Å². The highest BCUT2D eigenvalue weighted by molar-refractivity contribution is 6.42. The van der Waals surface area contributed by atoms with Gasteiger partial charge in [0.2, 0.25) is 0 Å². The third kappa shape index (κ3) is 3.75. The number of halogens is 2. The predicted molar refractivity (Wildman–Crippen MR) is 84.9 cm³/mol. The maximum Gasteiger partial charge on any atom is 0.179 e. The van der Waals surface area contributed by atoms with Gasteiger partial charge in [-0.1, -0.05) is 43.0 Å². The molecule has 20 heavy (non-hydrogen) atoms. The minimum Gasteiger partial charge on any atom is -0.293 e. The quantitative estimate of drug-likeness (QED) is 0.701. The molecule has 1 saturated heterocycles. The van der Waals surface area contributed by atoms with Gasteiger partial charge in [0.25, 0.3) is 0 Å². The van der Waals surface area contributed by atoms with E-state index < -0.39 is 0 Å². The lowest BCUT2D eigenvalue weighted by Gasteiger charge is -2.26. The zero-order chi connectivity index (χ0) is 14.5. The number of benzene rings is 1. The summed E-state index contributed by atoms with van der Waals surface area (Å²) in [5.74, 6) is 0.180. The highest BCUT2D eigenvalue weighted by atomic mass is 35.5. The van der Waals surface area contributed by atoms with Gasteiger partial charge in [-0.05, 0) is 50.6 Å². The van der Waals surface area contributed by atoms with Gasteiger partial charge in [-0.25, -0.2) is 0 Å². The second kappa shape index (κ2) is 7.44. The van der Waals surface area contributed by atoms with Crippen LogP contribution in [0.15, 0.2) is 18.2 Å². The van der Waals surface area contributed by atoms with Gasteiger partial charge >= 0.3 is 0 Å². The van der Waals surface area contributed by atoms with Gasteiger partial charge in [0.1, 0.15) is 0 Å². The Morgan fingerprint density at radius 1 is 1.25 bits per heavy atom. The number of hydrogen-bond acceptors (Lipinski definition) is 2. The minimum atomic E-state index is -0.00491. The molecular weight excluding hydrogens is 293 g/mol. The summed E-state index contributed by atoms with van der Waals surface area (Å²) in [4.78, 5) is 15.1. The van der Waals surface area contributed by atoms with E-state index in [0.29, 0.717) is 15.6 Å². The Kier molecular flexibility index (Phi) is 5.88. The van der Waals surface area contributed by atoms with Crippen molar-refractivity contribution in [1.82, 2.24) is 4.90 Å². The standard InChI is InChI=1S/C16H21Cl2NO/c1-2-3-6-15(19-9-4-5-10-19)16(20)12-7-8-13(17)14(18)11-12/h7-8,11,15H,2-6,9-10H2,1H3. The minimum absolute atomic E-state index is 0.00491. The van der Waals surface area contributed by atoms with E-state index in [1.165, 1.54) is 12.8 Å². The number of carbonyl (C=O) groups excluding carboxylic acids is 1. The summed E-state index contributed by atoms with van der Waals surface area (Å²) in [6, 6.07) is 5.18. The van der Waals surface area contributed by atoms with Crippen LogP contribution in [-0.2, 0) is 0 Å². The van der Waals surface area contributed by atoms with Crippen molar-refractivity contribution in [3.63, 3.8) is 0 Å². The van der Waals surface area contributed by atoms with E-state index in [1.54, 1.807) is 18.2 Å². The molecule has 1 atom stereocenters. The number of nitrogens with zero attached hydrogens (tertiary/aromatic N) is 1. The van der Waals surface area contributed by atoms with E-state index in [0.717, 1.165) is 32.4 Å². The molecule has 1 aliphatic rings. The van der Waals surface area contributed by atoms with Crippen LogP contribution in [0.2, 0.25) is 10.0 Å². The van der Waals surface area contributed by atoms with Crippen molar-refractivity contribution in [2.24, 2.45) is 0 Å². The third-order valence-corrected chi connectivity index (χ3v) is 4.66. The Hall–Kier alpha value is -0.570. The predicted octanol–water partition coefficient (Wildman–Crippen LogP) is 4.83. The first-order valence-corrected chi connectivity index (χ1v) is 8.12. The van der Waals surface area contributed by atoms with E-state index >= 15 is 0 Å². The van der Waals surface area contributed by atoms with Crippen molar-refractivity contribution in [3.05, 3.63) is 33.8 Å². The Balaban J connectivity index is 2.17. The zero-order valence-electron chi connectivity index (χ0n) is 11.9. The summed E-state index contributed by atoms with van der Waals surface area (Å²) in [6.45, 7) is 4.22. The molecule has 2 nitrogen and oxygen atoms in total. The average Bonchev–Trinajstić information content (AvgIpc) is 2.96. The molecule has 0 N–H and O–H groups in total. The molecule has 0 saturated carbocycles. The Morgan fingerprint density at radius 2 is 1.95 bits per heavy atom. The van der Waals surface area contributed by atoms with Crippen molar-refractivity contribution >= 4 is 29.0 Å². The first kappa shape index (κ1) is 15.8. The number of likely N-dealkylation sites (tertiary alicyclic amines) is 1. The number of unbranched alkanes of at least 4 members (excludes halogenated alkanes) is 1. The second-order valence-corrected chi connectivity index (χ2v) is 6.21. The highest BCUT2D eigenvalue weighted by Gasteiger charge is 2.28. The number of rotatable bonds is 6. The van der Waals surface area contributed by atoms with Gasteiger partial charge < -0.3 is 0 Å². The Labute approximate surface area is 131 Å². The molecule has 1 aliphatic heterocycles. The summed E-state index contributed by atoms with van der Waals surface area (Å²) in [7, 11) is 0. The van der Waals surface area contributed by atoms with Crippen LogP contribution < -0.4 is 0 Å². The van der Waals surface area contributed by atoms with Crippen LogP contribution >= 0.6 is 23.2 Å². The lowest BCUT2D eigenvalue weighted by molar-refractivity contribution is 0.0835. The monoisotopic (exact) mass is 313 g/mol. The van der Waals surface area contributed by atoms with Crippen LogP contribution in [0.4, 0.5) is 0 Å². The molecule has 0 aromatic heterocycles. The number of carbonyl (C=O) groups is 1. The maximum atomic E-state index is 12.8. The molecule has 0 aliphatic carbocycles. The fourth-order valence-corrected chi connectivity index (χ4v) is 3.07. The third-order valence-electron chi connectivity index (χ3n) is 3.92. The second-order valence-electron chi connectivity index (χ2n) is 5.39. The van der Waals surface area contributed by atoms with Crippen LogP contribution in [0.1, 0.15) is 49.4 Å². The van der Waals surface area contributed by atoms with Crippen molar-refractivity contribution in [1.29, 1.82) is 0 Å². The van der Waals surface area contributed by atoms with Gasteiger partial charge in [0.15, 0.2) is 5.78 Å². The van der Waals surface area contributed by atoms with Crippen LogP contribution in [0.3, 0.4) is 0 Å². The van der Waals surface area contributed by atoms with Gasteiger partial charge in [-0.3, -0.25) is 9.69 Å². The fourth-order valence-electron chi connectivity index (χ4n) is 2.77. The van der Waals surface area contributed by atoms with E-state index in [2.05, 4.69) is 11.8 Å². The van der Waals surface area contributed by atoms with Gasteiger partial charge in [-0.2, -0.15) is 0 Å². The first-order valence-electron chi connectivity index (χ1n) is 7.36. The molecule has 1 unspecified atom stereocenters. The summed E-state index contributed by atoms with van der Waals surface area (Å²) in [5.41, 5.74) is 0.674. The van der Waals surface area contributed by atoms with E-state index in [4.69, 9.17) is 23.2 Å². The number of Topliss-reactive ketones (excluding diaryl/α,β-unsaturated/α-hetero) is 1. The highest BCUT2D eigenvalue weighted by Crippen LogP contribution is 2.25. The van der Waals surface area contributed by atoms with Crippen LogP contribution in [0, 0.1) is 0 Å². The molecule has 1 fully saturated rings. The Morgan fingerprint density at radius 3 is 2.55 bits per heavy atom. The largest absolute Gasteiger partial charge is 0.293 e.